The second kappa shape index (κ2) is 7.09. The van der Waals surface area contributed by atoms with Gasteiger partial charge >= 0.3 is 6.36 Å². The first kappa shape index (κ1) is 17.6. The molecule has 1 aromatic carbocycles. The molecule has 3 heterocycles. The number of halogens is 3. The van der Waals surface area contributed by atoms with Crippen LogP contribution in [0.1, 0.15) is 25.7 Å². The molecule has 0 unspecified atom stereocenters. The Morgan fingerprint density at radius 3 is 2.48 bits per heavy atom. The third-order valence-corrected chi connectivity index (χ3v) is 4.64. The van der Waals surface area contributed by atoms with Gasteiger partial charge in [0, 0.05) is 18.7 Å². The number of ether oxygens (including phenoxy) is 1. The number of hydrogen-bond acceptors (Lipinski definition) is 4. The van der Waals surface area contributed by atoms with Crippen LogP contribution in [-0.4, -0.2) is 34.0 Å². The number of anilines is 1. The van der Waals surface area contributed by atoms with Gasteiger partial charge in [0.2, 0.25) is 0 Å². The Labute approximate surface area is 154 Å². The van der Waals surface area contributed by atoms with Crippen LogP contribution in [0.5, 0.6) is 5.75 Å². The fraction of sp³-hybridized carbons (Fsp3) is 0.368. The highest BCUT2D eigenvalue weighted by molar-refractivity contribution is 5.65. The normalized spacial score (nSPS) is 15.7. The fourth-order valence-corrected chi connectivity index (χ4v) is 3.38. The lowest BCUT2D eigenvalue weighted by molar-refractivity contribution is -0.274. The van der Waals surface area contributed by atoms with Crippen molar-refractivity contribution in [2.75, 3.05) is 18.0 Å². The summed E-state index contributed by atoms with van der Waals surface area (Å²) in [7, 11) is 0. The number of fused-ring (bicyclic) bond motifs is 1. The molecule has 4 rings (SSSR count). The highest BCUT2D eigenvalue weighted by Gasteiger charge is 2.31. The molecular formula is C19H19F3N4O. The summed E-state index contributed by atoms with van der Waals surface area (Å²) in [5.74, 6) is 0.588. The average molecular weight is 376 g/mol. The number of rotatable bonds is 3. The third-order valence-electron chi connectivity index (χ3n) is 4.64. The molecule has 8 heteroatoms. The number of alkyl halides is 3. The lowest BCUT2D eigenvalue weighted by Gasteiger charge is -2.21. The maximum absolute atomic E-state index is 12.5. The fourth-order valence-electron chi connectivity index (χ4n) is 3.38. The zero-order chi connectivity index (χ0) is 18.9. The minimum atomic E-state index is -4.73. The molecule has 27 heavy (non-hydrogen) atoms. The van der Waals surface area contributed by atoms with E-state index in [1.165, 1.54) is 31.0 Å². The second-order valence-corrected chi connectivity index (χ2v) is 6.58. The molecule has 0 aliphatic carbocycles. The van der Waals surface area contributed by atoms with E-state index in [0.717, 1.165) is 31.7 Å². The SMILES string of the molecule is FC(F)(F)Oc1cccc(-c2cnc3ccc(N4CCCCCC4)nn23)c1. The first-order valence-electron chi connectivity index (χ1n) is 8.95. The smallest absolute Gasteiger partial charge is 0.406 e. The van der Waals surface area contributed by atoms with Crippen LogP contribution in [0.25, 0.3) is 16.9 Å². The van der Waals surface area contributed by atoms with E-state index in [0.29, 0.717) is 16.9 Å². The predicted molar refractivity (Wildman–Crippen MR) is 95.8 cm³/mol. The van der Waals surface area contributed by atoms with Gasteiger partial charge in [0.1, 0.15) is 11.6 Å². The van der Waals surface area contributed by atoms with Crippen molar-refractivity contribution in [3.8, 4) is 17.0 Å². The summed E-state index contributed by atoms with van der Waals surface area (Å²) in [5, 5.41) is 4.70. The molecule has 1 aliphatic heterocycles. The molecular weight excluding hydrogens is 357 g/mol. The van der Waals surface area contributed by atoms with Gasteiger partial charge in [-0.15, -0.1) is 18.3 Å². The standard InChI is InChI=1S/C19H19F3N4O/c20-19(21,22)27-15-7-5-6-14(12-15)16-13-23-17-8-9-18(24-26(16)17)25-10-3-1-2-4-11-25/h5-9,12-13H,1-4,10-11H2. The molecule has 3 aromatic rings. The van der Waals surface area contributed by atoms with E-state index in [1.807, 2.05) is 12.1 Å². The van der Waals surface area contributed by atoms with Crippen LogP contribution >= 0.6 is 0 Å². The van der Waals surface area contributed by atoms with Crippen molar-refractivity contribution in [1.29, 1.82) is 0 Å². The summed E-state index contributed by atoms with van der Waals surface area (Å²) in [6, 6.07) is 9.68. The van der Waals surface area contributed by atoms with Crippen molar-refractivity contribution in [2.45, 2.75) is 32.0 Å². The summed E-state index contributed by atoms with van der Waals surface area (Å²) >= 11 is 0. The molecule has 2 aromatic heterocycles. The first-order valence-corrected chi connectivity index (χ1v) is 8.95. The van der Waals surface area contributed by atoms with Gasteiger partial charge in [-0.1, -0.05) is 25.0 Å². The summed E-state index contributed by atoms with van der Waals surface area (Å²) in [4.78, 5) is 6.57. The Balaban J connectivity index is 1.70. The van der Waals surface area contributed by atoms with Gasteiger partial charge in [0.05, 0.1) is 11.9 Å². The molecule has 1 saturated heterocycles. The molecule has 0 saturated carbocycles. The van der Waals surface area contributed by atoms with Gasteiger partial charge in [0.15, 0.2) is 5.65 Å². The number of nitrogens with zero attached hydrogens (tertiary/aromatic N) is 4. The van der Waals surface area contributed by atoms with Crippen molar-refractivity contribution >= 4 is 11.5 Å². The average Bonchev–Trinajstić information content (AvgIpc) is 2.85. The lowest BCUT2D eigenvalue weighted by atomic mass is 10.1. The van der Waals surface area contributed by atoms with Gasteiger partial charge in [-0.05, 0) is 37.1 Å². The van der Waals surface area contributed by atoms with Crippen molar-refractivity contribution in [1.82, 2.24) is 14.6 Å². The zero-order valence-corrected chi connectivity index (χ0v) is 14.6. The largest absolute Gasteiger partial charge is 0.573 e. The molecule has 1 aliphatic rings. The van der Waals surface area contributed by atoms with E-state index in [2.05, 4.69) is 14.6 Å². The van der Waals surface area contributed by atoms with E-state index in [4.69, 9.17) is 5.10 Å². The molecule has 142 valence electrons. The van der Waals surface area contributed by atoms with Crippen molar-refractivity contribution in [3.05, 3.63) is 42.6 Å². The zero-order valence-electron chi connectivity index (χ0n) is 14.6. The Morgan fingerprint density at radius 2 is 1.74 bits per heavy atom. The highest BCUT2D eigenvalue weighted by Crippen LogP contribution is 2.29. The maximum atomic E-state index is 12.5. The Bertz CT molecular complexity index is 930. The van der Waals surface area contributed by atoms with E-state index in [-0.39, 0.29) is 5.75 Å². The lowest BCUT2D eigenvalue weighted by Crippen LogP contribution is -2.25. The van der Waals surface area contributed by atoms with Crippen LogP contribution in [0.4, 0.5) is 19.0 Å². The van der Waals surface area contributed by atoms with Gasteiger partial charge in [-0.25, -0.2) is 9.50 Å². The number of aromatic nitrogens is 3. The van der Waals surface area contributed by atoms with Gasteiger partial charge in [-0.3, -0.25) is 0 Å². The van der Waals surface area contributed by atoms with Crippen LogP contribution in [0, 0.1) is 0 Å². The van der Waals surface area contributed by atoms with Crippen LogP contribution in [-0.2, 0) is 0 Å². The van der Waals surface area contributed by atoms with Gasteiger partial charge < -0.3 is 9.64 Å². The quantitative estimate of drug-likeness (QED) is 0.666. The maximum Gasteiger partial charge on any atom is 0.573 e. The van der Waals surface area contributed by atoms with Crippen LogP contribution in [0.2, 0.25) is 0 Å². The number of benzene rings is 1. The Hall–Kier alpha value is -2.77. The number of imidazole rings is 1. The monoisotopic (exact) mass is 376 g/mol. The molecule has 0 N–H and O–H groups in total. The van der Waals surface area contributed by atoms with Crippen molar-refractivity contribution < 1.29 is 17.9 Å². The van der Waals surface area contributed by atoms with Crippen LogP contribution in [0.15, 0.2) is 42.6 Å². The first-order chi connectivity index (χ1) is 13.0. The third kappa shape index (κ3) is 3.99. The van der Waals surface area contributed by atoms with E-state index in [1.54, 1.807) is 16.8 Å². The summed E-state index contributed by atoms with van der Waals surface area (Å²) in [6.45, 7) is 1.91. The topological polar surface area (TPSA) is 42.7 Å². The molecule has 0 atom stereocenters. The van der Waals surface area contributed by atoms with Gasteiger partial charge in [-0.2, -0.15) is 0 Å². The van der Waals surface area contributed by atoms with E-state index >= 15 is 0 Å². The predicted octanol–water partition coefficient (Wildman–Crippen LogP) is 4.68. The van der Waals surface area contributed by atoms with Crippen LogP contribution < -0.4 is 9.64 Å². The molecule has 0 spiro atoms. The van der Waals surface area contributed by atoms with E-state index in [9.17, 15) is 13.2 Å². The summed E-state index contributed by atoms with van der Waals surface area (Å²) < 4.78 is 43.2. The van der Waals surface area contributed by atoms with E-state index < -0.39 is 6.36 Å². The summed E-state index contributed by atoms with van der Waals surface area (Å²) in [6.07, 6.45) is 1.60. The van der Waals surface area contributed by atoms with Gasteiger partial charge in [0.25, 0.3) is 0 Å². The molecule has 0 amide bonds. The highest BCUT2D eigenvalue weighted by atomic mass is 19.4. The van der Waals surface area contributed by atoms with Crippen molar-refractivity contribution in [2.24, 2.45) is 0 Å². The summed E-state index contributed by atoms with van der Waals surface area (Å²) in [5.41, 5.74) is 1.82. The second-order valence-electron chi connectivity index (χ2n) is 6.58. The minimum Gasteiger partial charge on any atom is -0.406 e. The van der Waals surface area contributed by atoms with Crippen LogP contribution in [0.3, 0.4) is 0 Å². The number of hydrogen-bond donors (Lipinski definition) is 0. The molecule has 5 nitrogen and oxygen atoms in total. The molecule has 1 fully saturated rings. The Morgan fingerprint density at radius 1 is 0.963 bits per heavy atom. The minimum absolute atomic E-state index is 0.265. The van der Waals surface area contributed by atoms with Crippen molar-refractivity contribution in [3.63, 3.8) is 0 Å². The Kier molecular flexibility index (Phi) is 4.63. The molecule has 0 radical (unpaired) electrons. The molecule has 0 bridgehead atoms.